The molecule has 0 aliphatic carbocycles. The third kappa shape index (κ3) is 11.9. The van der Waals surface area contributed by atoms with E-state index in [1.54, 1.807) is 0 Å². The van der Waals surface area contributed by atoms with Crippen molar-refractivity contribution in [2.45, 2.75) is 0 Å². The van der Waals surface area contributed by atoms with E-state index in [0.29, 0.717) is 0 Å². The van der Waals surface area contributed by atoms with E-state index in [4.69, 9.17) is 19.7 Å². The van der Waals surface area contributed by atoms with Crippen LogP contribution in [0.5, 0.6) is 0 Å². The third-order valence-corrected chi connectivity index (χ3v) is 1.11. The van der Waals surface area contributed by atoms with Crippen molar-refractivity contribution in [3.05, 3.63) is 60.7 Å². The first-order chi connectivity index (χ1) is 6.41. The van der Waals surface area contributed by atoms with E-state index in [1.165, 1.54) is 0 Å². The summed E-state index contributed by atoms with van der Waals surface area (Å²) in [5, 5.41) is 0. The van der Waals surface area contributed by atoms with Gasteiger partial charge in [-0.3, -0.25) is 0 Å². The largest absolute Gasteiger partial charge is 0.214 e. The monoisotopic (exact) mass is 251 g/mol. The zero-order valence-electron chi connectivity index (χ0n) is 6.98. The van der Waals surface area contributed by atoms with Crippen LogP contribution in [0.15, 0.2) is 60.7 Å². The Bertz CT molecular complexity index is 165. The van der Waals surface area contributed by atoms with E-state index in [-0.39, 0.29) is 14.4 Å². The van der Waals surface area contributed by atoms with Crippen molar-refractivity contribution < 1.29 is 14.4 Å². The third-order valence-electron chi connectivity index (χ3n) is 1.11. The molecule has 0 nitrogen and oxygen atoms in total. The van der Waals surface area contributed by atoms with Crippen LogP contribution in [-0.2, 0) is 14.4 Å². The number of halogens is 2. The van der Waals surface area contributed by atoms with Crippen LogP contribution < -0.4 is 0 Å². The molecular weight excluding hydrogens is 242 g/mol. The van der Waals surface area contributed by atoms with Crippen molar-refractivity contribution in [1.82, 2.24) is 0 Å². The fourth-order valence-electron chi connectivity index (χ4n) is 0.642. The summed E-state index contributed by atoms with van der Waals surface area (Å²) in [6.07, 6.45) is 0. The summed E-state index contributed by atoms with van der Waals surface area (Å²) in [6.45, 7) is 0. The Morgan fingerprint density at radius 3 is 1.00 bits per heavy atom. The van der Waals surface area contributed by atoms with Crippen molar-refractivity contribution in [2.75, 3.05) is 0 Å². The number of hydrogen-bond donors (Lipinski definition) is 0. The molecule has 0 bridgehead atoms. The van der Waals surface area contributed by atoms with Crippen LogP contribution in [0.25, 0.3) is 0 Å². The fourth-order valence-corrected chi connectivity index (χ4v) is 0.642. The second-order valence-electron chi connectivity index (χ2n) is 1.99. The van der Waals surface area contributed by atoms with E-state index in [9.17, 15) is 0 Å². The zero-order chi connectivity index (χ0) is 9.78. The minimum atomic E-state index is -0.368. The predicted molar refractivity (Wildman–Crippen MR) is 55.8 cm³/mol. The molecule has 0 aliphatic heterocycles. The quantitative estimate of drug-likeness (QED) is 0.617. The Balaban J connectivity index is 0.000000174. The molecular formula is C10H10Cl2V-2. The summed E-state index contributed by atoms with van der Waals surface area (Å²) in [5.41, 5.74) is 0. The molecule has 0 atom stereocenters. The van der Waals surface area contributed by atoms with Gasteiger partial charge in [-0.15, -0.1) is 0 Å². The summed E-state index contributed by atoms with van der Waals surface area (Å²) in [4.78, 5) is 0. The van der Waals surface area contributed by atoms with Crippen LogP contribution in [0.1, 0.15) is 0 Å². The number of hydrogen-bond acceptors (Lipinski definition) is 0. The minimum Gasteiger partial charge on any atom is -0.214 e. The van der Waals surface area contributed by atoms with Crippen molar-refractivity contribution >= 4 is 19.7 Å². The normalized spacial score (nSPS) is 7.23. The molecule has 13 heavy (non-hydrogen) atoms. The van der Waals surface area contributed by atoms with E-state index in [0.717, 1.165) is 0 Å². The van der Waals surface area contributed by atoms with Crippen molar-refractivity contribution in [1.29, 1.82) is 0 Å². The Labute approximate surface area is 94.5 Å². The summed E-state index contributed by atoms with van der Waals surface area (Å²) < 4.78 is 0. The molecule has 3 heteroatoms. The van der Waals surface area contributed by atoms with Gasteiger partial charge in [0.1, 0.15) is 0 Å². The van der Waals surface area contributed by atoms with Gasteiger partial charge in [0.05, 0.1) is 0 Å². The van der Waals surface area contributed by atoms with Crippen molar-refractivity contribution in [2.24, 2.45) is 0 Å². The second kappa shape index (κ2) is 11.9. The molecule has 0 radical (unpaired) electrons. The summed E-state index contributed by atoms with van der Waals surface area (Å²) >= 11 is -0.368. The maximum absolute atomic E-state index is 4.86. The van der Waals surface area contributed by atoms with Crippen LogP contribution >= 0.6 is 19.7 Å². The van der Waals surface area contributed by atoms with Gasteiger partial charge in [-0.1, -0.05) is 0 Å². The van der Waals surface area contributed by atoms with Crippen LogP contribution in [0.3, 0.4) is 0 Å². The van der Waals surface area contributed by atoms with Gasteiger partial charge in [0.15, 0.2) is 0 Å². The van der Waals surface area contributed by atoms with Crippen LogP contribution in [0.2, 0.25) is 0 Å². The van der Waals surface area contributed by atoms with Crippen LogP contribution in [0, 0.1) is 0 Å². The minimum absolute atomic E-state index is 0.368. The molecule has 0 heterocycles. The van der Waals surface area contributed by atoms with Gasteiger partial charge in [0.2, 0.25) is 0 Å². The van der Waals surface area contributed by atoms with Gasteiger partial charge in [0.25, 0.3) is 0 Å². The molecule has 0 spiro atoms. The summed E-state index contributed by atoms with van der Waals surface area (Å²) in [6, 6.07) is 20.0. The molecule has 0 unspecified atom stereocenters. The first kappa shape index (κ1) is 12.9. The molecule has 0 N–H and O–H groups in total. The Morgan fingerprint density at radius 2 is 0.923 bits per heavy atom. The Morgan fingerprint density at radius 1 is 0.692 bits per heavy atom. The Hall–Kier alpha value is -0.136. The van der Waals surface area contributed by atoms with Crippen LogP contribution in [0.4, 0.5) is 0 Å². The zero-order valence-corrected chi connectivity index (χ0v) is 9.89. The smallest absolute Gasteiger partial charge is 0.172 e. The van der Waals surface area contributed by atoms with Gasteiger partial charge in [-0.05, 0) is 0 Å². The molecule has 71 valence electrons. The summed E-state index contributed by atoms with van der Waals surface area (Å²) in [7, 11) is 9.72. The van der Waals surface area contributed by atoms with E-state index < -0.39 is 0 Å². The standard InChI is InChI=1S/2C5H5.2ClH.V/c2*1-2-4-5-3-1;;;/h2*1-5H;2*1H;/q2*-1;;;+2/p-2. The topological polar surface area (TPSA) is 0 Å². The van der Waals surface area contributed by atoms with Gasteiger partial charge in [-0.2, -0.15) is 36.4 Å². The van der Waals surface area contributed by atoms with E-state index in [1.807, 2.05) is 60.7 Å². The van der Waals surface area contributed by atoms with E-state index in [2.05, 4.69) is 0 Å². The average molecular weight is 252 g/mol. The van der Waals surface area contributed by atoms with Gasteiger partial charge in [0, 0.05) is 0 Å². The van der Waals surface area contributed by atoms with E-state index >= 15 is 0 Å². The SMILES string of the molecule is [Cl][V][Cl].c1cc[cH-]c1.c1cc[cH-]c1. The Kier molecular flexibility index (Phi) is 11.7. The molecule has 0 fully saturated rings. The van der Waals surface area contributed by atoms with Crippen LogP contribution in [-0.4, -0.2) is 0 Å². The molecule has 2 aromatic carbocycles. The fraction of sp³-hybridized carbons (Fsp3) is 0. The van der Waals surface area contributed by atoms with Gasteiger partial charge >= 0.3 is 34.1 Å². The first-order valence-electron chi connectivity index (χ1n) is 3.67. The predicted octanol–water partition coefficient (Wildman–Crippen LogP) is 4.19. The average Bonchev–Trinajstić information content (AvgIpc) is 2.85. The molecule has 0 aromatic heterocycles. The first-order valence-corrected chi connectivity index (χ1v) is 7.51. The molecule has 2 rings (SSSR count). The maximum Gasteiger partial charge on any atom is -0.172 e. The maximum atomic E-state index is 4.86. The van der Waals surface area contributed by atoms with Crippen molar-refractivity contribution in [3.8, 4) is 0 Å². The molecule has 0 saturated heterocycles. The molecule has 2 aromatic rings. The summed E-state index contributed by atoms with van der Waals surface area (Å²) in [5.74, 6) is 0. The van der Waals surface area contributed by atoms with Crippen molar-refractivity contribution in [3.63, 3.8) is 0 Å². The number of rotatable bonds is 0. The van der Waals surface area contributed by atoms with Gasteiger partial charge in [-0.25, -0.2) is 24.3 Å². The molecule has 0 aliphatic rings. The second-order valence-corrected chi connectivity index (χ2v) is 4.30. The molecule has 0 amide bonds. The van der Waals surface area contributed by atoms with Gasteiger partial charge < -0.3 is 0 Å². The molecule has 0 saturated carbocycles.